The predicted octanol–water partition coefficient (Wildman–Crippen LogP) is 3.61. The number of carbonyl (C=O) groups is 1. The molecular formula is C17H24O3. The molecule has 3 atom stereocenters. The van der Waals surface area contributed by atoms with Crippen molar-refractivity contribution in [3.05, 3.63) is 23.5 Å². The van der Waals surface area contributed by atoms with Crippen LogP contribution in [0.25, 0.3) is 0 Å². The third kappa shape index (κ3) is 2.07. The van der Waals surface area contributed by atoms with Crippen LogP contribution in [0, 0.1) is 17.3 Å². The first-order valence-corrected chi connectivity index (χ1v) is 7.88. The van der Waals surface area contributed by atoms with Gasteiger partial charge in [-0.05, 0) is 56.9 Å². The van der Waals surface area contributed by atoms with Crippen molar-refractivity contribution in [1.82, 2.24) is 0 Å². The van der Waals surface area contributed by atoms with Crippen molar-refractivity contribution in [3.63, 3.8) is 0 Å². The summed E-state index contributed by atoms with van der Waals surface area (Å²) in [4.78, 5) is 11.5. The highest BCUT2D eigenvalue weighted by molar-refractivity contribution is 5.82. The SMILES string of the molecule is CCOC(=O)/C=C/[C@@H]1[C@H]2CCCC12C1=C(C)OCCC1. The van der Waals surface area contributed by atoms with E-state index in [0.29, 0.717) is 17.9 Å². The molecule has 0 saturated heterocycles. The Labute approximate surface area is 121 Å². The van der Waals surface area contributed by atoms with Crippen LogP contribution in [0.1, 0.15) is 46.0 Å². The molecule has 1 aliphatic heterocycles. The van der Waals surface area contributed by atoms with Crippen LogP contribution in [0.5, 0.6) is 0 Å². The summed E-state index contributed by atoms with van der Waals surface area (Å²) < 4.78 is 10.8. The predicted molar refractivity (Wildman–Crippen MR) is 76.9 cm³/mol. The minimum Gasteiger partial charge on any atom is -0.498 e. The van der Waals surface area contributed by atoms with Crippen LogP contribution in [0.3, 0.4) is 0 Å². The highest BCUT2D eigenvalue weighted by Crippen LogP contribution is 2.73. The van der Waals surface area contributed by atoms with Gasteiger partial charge in [-0.25, -0.2) is 4.79 Å². The first kappa shape index (κ1) is 13.7. The zero-order valence-electron chi connectivity index (χ0n) is 12.5. The van der Waals surface area contributed by atoms with Crippen LogP contribution in [0.15, 0.2) is 23.5 Å². The van der Waals surface area contributed by atoms with E-state index in [0.717, 1.165) is 24.7 Å². The maximum Gasteiger partial charge on any atom is 0.330 e. The summed E-state index contributed by atoms with van der Waals surface area (Å²) in [5, 5.41) is 0. The summed E-state index contributed by atoms with van der Waals surface area (Å²) in [6.07, 6.45) is 9.89. The van der Waals surface area contributed by atoms with Crippen molar-refractivity contribution < 1.29 is 14.3 Å². The van der Waals surface area contributed by atoms with E-state index in [1.807, 2.05) is 6.92 Å². The number of hydrogen-bond acceptors (Lipinski definition) is 3. The van der Waals surface area contributed by atoms with Crippen molar-refractivity contribution in [3.8, 4) is 0 Å². The summed E-state index contributed by atoms with van der Waals surface area (Å²) in [5.74, 6) is 2.18. The summed E-state index contributed by atoms with van der Waals surface area (Å²) in [5.41, 5.74) is 1.85. The molecule has 0 amide bonds. The molecular weight excluding hydrogens is 252 g/mol. The fourth-order valence-electron chi connectivity index (χ4n) is 4.51. The van der Waals surface area contributed by atoms with E-state index >= 15 is 0 Å². The highest BCUT2D eigenvalue weighted by atomic mass is 16.5. The van der Waals surface area contributed by atoms with Crippen molar-refractivity contribution in [2.75, 3.05) is 13.2 Å². The fraction of sp³-hybridized carbons (Fsp3) is 0.706. The minimum absolute atomic E-state index is 0.210. The molecule has 0 aromatic heterocycles. The average Bonchev–Trinajstić information content (AvgIpc) is 2.83. The number of rotatable bonds is 4. The minimum atomic E-state index is -0.210. The van der Waals surface area contributed by atoms with E-state index in [2.05, 4.69) is 13.0 Å². The van der Waals surface area contributed by atoms with Gasteiger partial charge in [0.25, 0.3) is 0 Å². The first-order chi connectivity index (χ1) is 9.70. The van der Waals surface area contributed by atoms with Gasteiger partial charge in [-0.15, -0.1) is 0 Å². The summed E-state index contributed by atoms with van der Waals surface area (Å²) in [6.45, 7) is 5.26. The normalized spacial score (nSPS) is 35.9. The molecule has 0 radical (unpaired) electrons. The monoisotopic (exact) mass is 276 g/mol. The Hall–Kier alpha value is -1.25. The molecule has 0 aromatic rings. The lowest BCUT2D eigenvalue weighted by Gasteiger charge is -2.26. The standard InChI is InChI=1S/C17H24O3/c1-3-19-16(18)9-8-15-14-6-4-10-17(14,15)13-7-5-11-20-12(13)2/h8-9,14-15H,3-7,10-11H2,1-2H3/b9-8+/t14-,15-,17?/m1/s1. The molecule has 20 heavy (non-hydrogen) atoms. The molecule has 3 aliphatic rings. The number of hydrogen-bond donors (Lipinski definition) is 0. The van der Waals surface area contributed by atoms with Crippen molar-refractivity contribution in [2.24, 2.45) is 17.3 Å². The van der Waals surface area contributed by atoms with Gasteiger partial charge in [-0.2, -0.15) is 0 Å². The van der Waals surface area contributed by atoms with Crippen LogP contribution in [0.2, 0.25) is 0 Å². The summed E-state index contributed by atoms with van der Waals surface area (Å²) in [7, 11) is 0. The largest absolute Gasteiger partial charge is 0.498 e. The van der Waals surface area contributed by atoms with Gasteiger partial charge in [0.2, 0.25) is 0 Å². The fourth-order valence-corrected chi connectivity index (χ4v) is 4.51. The van der Waals surface area contributed by atoms with Crippen molar-refractivity contribution in [1.29, 1.82) is 0 Å². The zero-order chi connectivity index (χ0) is 14.2. The average molecular weight is 276 g/mol. The van der Waals surface area contributed by atoms with E-state index in [4.69, 9.17) is 9.47 Å². The van der Waals surface area contributed by atoms with Crippen LogP contribution in [-0.4, -0.2) is 19.2 Å². The maximum absolute atomic E-state index is 11.5. The summed E-state index contributed by atoms with van der Waals surface area (Å²) in [6, 6.07) is 0. The molecule has 0 bridgehead atoms. The molecule has 0 N–H and O–H groups in total. The van der Waals surface area contributed by atoms with Gasteiger partial charge in [-0.1, -0.05) is 12.5 Å². The number of esters is 1. The molecule has 3 nitrogen and oxygen atoms in total. The quantitative estimate of drug-likeness (QED) is 0.581. The van der Waals surface area contributed by atoms with Gasteiger partial charge in [0.05, 0.1) is 19.0 Å². The van der Waals surface area contributed by atoms with E-state index in [1.54, 1.807) is 6.08 Å². The van der Waals surface area contributed by atoms with Gasteiger partial charge in [0.1, 0.15) is 0 Å². The molecule has 110 valence electrons. The third-order valence-corrected chi connectivity index (χ3v) is 5.29. The maximum atomic E-state index is 11.5. The Morgan fingerprint density at radius 1 is 1.50 bits per heavy atom. The van der Waals surface area contributed by atoms with Gasteiger partial charge in [0, 0.05) is 11.5 Å². The Morgan fingerprint density at radius 3 is 3.10 bits per heavy atom. The van der Waals surface area contributed by atoms with Crippen molar-refractivity contribution >= 4 is 5.97 Å². The first-order valence-electron chi connectivity index (χ1n) is 7.88. The van der Waals surface area contributed by atoms with Gasteiger partial charge in [-0.3, -0.25) is 0 Å². The molecule has 2 aliphatic carbocycles. The molecule has 2 saturated carbocycles. The smallest absolute Gasteiger partial charge is 0.330 e. The second-order valence-electron chi connectivity index (χ2n) is 6.16. The molecule has 1 unspecified atom stereocenters. The lowest BCUT2D eigenvalue weighted by Crippen LogP contribution is -2.15. The Morgan fingerprint density at radius 2 is 2.35 bits per heavy atom. The zero-order valence-corrected chi connectivity index (χ0v) is 12.5. The molecule has 3 rings (SSSR count). The van der Waals surface area contributed by atoms with E-state index < -0.39 is 0 Å². The van der Waals surface area contributed by atoms with E-state index in [-0.39, 0.29) is 5.97 Å². The lowest BCUT2D eigenvalue weighted by molar-refractivity contribution is -0.137. The van der Waals surface area contributed by atoms with Crippen LogP contribution >= 0.6 is 0 Å². The topological polar surface area (TPSA) is 35.5 Å². The highest BCUT2D eigenvalue weighted by Gasteiger charge is 2.67. The molecule has 3 heteroatoms. The van der Waals surface area contributed by atoms with Crippen molar-refractivity contribution in [2.45, 2.75) is 46.0 Å². The second kappa shape index (κ2) is 5.27. The number of fused-ring (bicyclic) bond motifs is 1. The van der Waals surface area contributed by atoms with Crippen LogP contribution in [-0.2, 0) is 14.3 Å². The molecule has 0 spiro atoms. The Balaban J connectivity index is 1.77. The number of ether oxygens (including phenoxy) is 2. The molecule has 1 heterocycles. The van der Waals surface area contributed by atoms with E-state index in [9.17, 15) is 4.79 Å². The second-order valence-corrected chi connectivity index (χ2v) is 6.16. The Bertz CT molecular complexity index is 463. The van der Waals surface area contributed by atoms with Gasteiger partial charge < -0.3 is 9.47 Å². The van der Waals surface area contributed by atoms with Gasteiger partial charge >= 0.3 is 5.97 Å². The lowest BCUT2D eigenvalue weighted by atomic mass is 9.85. The number of allylic oxidation sites excluding steroid dienone is 3. The summed E-state index contributed by atoms with van der Waals surface area (Å²) >= 11 is 0. The van der Waals surface area contributed by atoms with Crippen LogP contribution in [0.4, 0.5) is 0 Å². The third-order valence-electron chi connectivity index (χ3n) is 5.29. The molecule has 0 aromatic carbocycles. The Kier molecular flexibility index (Phi) is 3.61. The number of carbonyl (C=O) groups excluding carboxylic acids is 1. The van der Waals surface area contributed by atoms with E-state index in [1.165, 1.54) is 31.3 Å². The van der Waals surface area contributed by atoms with Gasteiger partial charge in [0.15, 0.2) is 0 Å². The molecule has 2 fully saturated rings. The van der Waals surface area contributed by atoms with Crippen LogP contribution < -0.4 is 0 Å².